The fourth-order valence-corrected chi connectivity index (χ4v) is 2.05. The molecule has 16 heavy (non-hydrogen) atoms. The van der Waals surface area contributed by atoms with Gasteiger partial charge in [0.05, 0.1) is 0 Å². The first-order valence-electron chi connectivity index (χ1n) is 4.49. The molecular weight excluding hydrogens is 230 g/mol. The number of nitrogens with two attached hydrogens (primary N) is 1. The first-order valence-corrected chi connectivity index (χ1v) is 6.15. The number of sulfonamides is 1. The van der Waals surface area contributed by atoms with Crippen LogP contribution in [0.2, 0.25) is 0 Å². The van der Waals surface area contributed by atoms with Crippen molar-refractivity contribution in [2.75, 3.05) is 10.5 Å². The van der Waals surface area contributed by atoms with E-state index in [4.69, 9.17) is 5.84 Å². The van der Waals surface area contributed by atoms with Gasteiger partial charge >= 0.3 is 0 Å². The molecule has 1 amide bonds. The van der Waals surface area contributed by atoms with Crippen molar-refractivity contribution >= 4 is 21.6 Å². The monoisotopic (exact) mass is 243 g/mol. The molecule has 88 valence electrons. The summed E-state index contributed by atoms with van der Waals surface area (Å²) in [4.78, 5) is 10.8. The fourth-order valence-electron chi connectivity index (χ4n) is 1.05. The zero-order chi connectivity index (χ0) is 12.2. The summed E-state index contributed by atoms with van der Waals surface area (Å²) in [5, 5.41) is 0. The summed E-state index contributed by atoms with van der Waals surface area (Å²) >= 11 is 0. The number of hydrogen-bond donors (Lipinski definition) is 3. The Hall–Kier alpha value is -1.60. The van der Waals surface area contributed by atoms with Crippen LogP contribution in [0.3, 0.4) is 0 Å². The van der Waals surface area contributed by atoms with E-state index in [1.165, 1.54) is 0 Å². The van der Waals surface area contributed by atoms with Crippen LogP contribution in [-0.2, 0) is 14.8 Å². The number of rotatable bonds is 4. The highest BCUT2D eigenvalue weighted by Crippen LogP contribution is 2.10. The van der Waals surface area contributed by atoms with Gasteiger partial charge in [-0.3, -0.25) is 14.9 Å². The summed E-state index contributed by atoms with van der Waals surface area (Å²) in [6.07, 6.45) is 0. The lowest BCUT2D eigenvalue weighted by Crippen LogP contribution is -2.37. The van der Waals surface area contributed by atoms with Crippen LogP contribution in [0.1, 0.15) is 5.56 Å². The van der Waals surface area contributed by atoms with E-state index in [-0.39, 0.29) is 0 Å². The SMILES string of the molecule is Cc1ccc(NS(=O)(=O)CC(=O)NN)cc1. The van der Waals surface area contributed by atoms with Gasteiger partial charge in [0.2, 0.25) is 10.0 Å². The molecule has 0 radical (unpaired) electrons. The molecule has 1 aromatic carbocycles. The molecule has 0 unspecified atom stereocenters. The van der Waals surface area contributed by atoms with E-state index in [0.29, 0.717) is 5.69 Å². The lowest BCUT2D eigenvalue weighted by molar-refractivity contribution is -0.118. The van der Waals surface area contributed by atoms with Gasteiger partial charge in [0.25, 0.3) is 5.91 Å². The van der Waals surface area contributed by atoms with Crippen LogP contribution in [0, 0.1) is 6.92 Å². The molecular formula is C9H13N3O3S. The minimum atomic E-state index is -3.70. The van der Waals surface area contributed by atoms with Crippen LogP contribution in [0.15, 0.2) is 24.3 Å². The second-order valence-electron chi connectivity index (χ2n) is 3.29. The van der Waals surface area contributed by atoms with Crippen molar-refractivity contribution in [3.05, 3.63) is 29.8 Å². The summed E-state index contributed by atoms with van der Waals surface area (Å²) in [7, 11) is -3.70. The molecule has 0 spiro atoms. The summed E-state index contributed by atoms with van der Waals surface area (Å²) in [5.74, 6) is 3.34. The van der Waals surface area contributed by atoms with Crippen molar-refractivity contribution in [1.29, 1.82) is 0 Å². The van der Waals surface area contributed by atoms with Crippen molar-refractivity contribution in [2.45, 2.75) is 6.92 Å². The predicted octanol–water partition coefficient (Wildman–Crippen LogP) is -0.273. The Morgan fingerprint density at radius 1 is 1.31 bits per heavy atom. The van der Waals surface area contributed by atoms with Crippen LogP contribution in [0.25, 0.3) is 0 Å². The smallest absolute Gasteiger partial charge is 0.250 e. The second-order valence-corrected chi connectivity index (χ2v) is 5.02. The molecule has 0 bridgehead atoms. The van der Waals surface area contributed by atoms with Crippen molar-refractivity contribution in [3.8, 4) is 0 Å². The number of carbonyl (C=O) groups excluding carboxylic acids is 1. The first kappa shape index (κ1) is 12.5. The number of carbonyl (C=O) groups is 1. The van der Waals surface area contributed by atoms with Crippen LogP contribution in [0.5, 0.6) is 0 Å². The average molecular weight is 243 g/mol. The molecule has 0 aromatic heterocycles. The highest BCUT2D eigenvalue weighted by molar-refractivity contribution is 7.93. The van der Waals surface area contributed by atoms with Crippen LogP contribution in [-0.4, -0.2) is 20.1 Å². The van der Waals surface area contributed by atoms with Crippen LogP contribution in [0.4, 0.5) is 5.69 Å². The third kappa shape index (κ3) is 3.87. The van der Waals surface area contributed by atoms with Crippen LogP contribution >= 0.6 is 0 Å². The number of anilines is 1. The number of aryl methyl sites for hydroxylation is 1. The Morgan fingerprint density at radius 3 is 2.38 bits per heavy atom. The average Bonchev–Trinajstić information content (AvgIpc) is 2.20. The predicted molar refractivity (Wildman–Crippen MR) is 60.9 cm³/mol. The molecule has 6 nitrogen and oxygen atoms in total. The quantitative estimate of drug-likeness (QED) is 0.385. The maximum Gasteiger partial charge on any atom is 0.250 e. The normalized spacial score (nSPS) is 10.9. The molecule has 7 heteroatoms. The Bertz CT molecular complexity index is 467. The lowest BCUT2D eigenvalue weighted by atomic mass is 10.2. The molecule has 0 heterocycles. The van der Waals surface area contributed by atoms with Gasteiger partial charge in [-0.1, -0.05) is 17.7 Å². The Morgan fingerprint density at radius 2 is 1.88 bits per heavy atom. The van der Waals surface area contributed by atoms with E-state index in [0.717, 1.165) is 5.56 Å². The molecule has 0 aliphatic heterocycles. The van der Waals surface area contributed by atoms with E-state index < -0.39 is 21.7 Å². The highest BCUT2D eigenvalue weighted by Gasteiger charge is 2.15. The summed E-state index contributed by atoms with van der Waals surface area (Å²) in [6.45, 7) is 1.89. The minimum absolute atomic E-state index is 0.412. The third-order valence-corrected chi connectivity index (χ3v) is 3.00. The Balaban J connectivity index is 2.73. The molecule has 0 fully saturated rings. The number of benzene rings is 1. The minimum Gasteiger partial charge on any atom is -0.293 e. The van der Waals surface area contributed by atoms with Gasteiger partial charge in [-0.25, -0.2) is 14.3 Å². The van der Waals surface area contributed by atoms with Crippen molar-refractivity contribution < 1.29 is 13.2 Å². The zero-order valence-electron chi connectivity index (χ0n) is 8.73. The molecule has 0 saturated heterocycles. The maximum atomic E-state index is 11.4. The van der Waals surface area contributed by atoms with Crippen LogP contribution < -0.4 is 16.0 Å². The van der Waals surface area contributed by atoms with Crippen molar-refractivity contribution in [1.82, 2.24) is 5.43 Å². The second kappa shape index (κ2) is 4.95. The van der Waals surface area contributed by atoms with E-state index in [1.54, 1.807) is 29.7 Å². The standard InChI is InChI=1S/C9H13N3O3S/c1-7-2-4-8(5-3-7)12-16(14,15)6-9(13)11-10/h2-5,12H,6,10H2,1H3,(H,11,13). The highest BCUT2D eigenvalue weighted by atomic mass is 32.2. The van der Waals surface area contributed by atoms with Crippen molar-refractivity contribution in [3.63, 3.8) is 0 Å². The van der Waals surface area contributed by atoms with E-state index in [1.807, 2.05) is 6.92 Å². The van der Waals surface area contributed by atoms with Gasteiger partial charge < -0.3 is 0 Å². The van der Waals surface area contributed by atoms with Gasteiger partial charge in [-0.15, -0.1) is 0 Å². The molecule has 4 N–H and O–H groups in total. The first-order chi connectivity index (χ1) is 7.43. The largest absolute Gasteiger partial charge is 0.293 e. The molecule has 0 aliphatic carbocycles. The lowest BCUT2D eigenvalue weighted by Gasteiger charge is -2.07. The molecule has 0 saturated carbocycles. The van der Waals surface area contributed by atoms with Gasteiger partial charge in [0.1, 0.15) is 5.75 Å². The number of amides is 1. The van der Waals surface area contributed by atoms with Gasteiger partial charge in [0, 0.05) is 5.69 Å². The number of hydrogen-bond acceptors (Lipinski definition) is 4. The van der Waals surface area contributed by atoms with Gasteiger partial charge in [0.15, 0.2) is 0 Å². The zero-order valence-corrected chi connectivity index (χ0v) is 9.54. The number of hydrazine groups is 1. The number of nitrogens with one attached hydrogen (secondary N) is 2. The summed E-state index contributed by atoms with van der Waals surface area (Å²) in [6, 6.07) is 6.77. The van der Waals surface area contributed by atoms with Gasteiger partial charge in [-0.05, 0) is 19.1 Å². The van der Waals surface area contributed by atoms with E-state index in [9.17, 15) is 13.2 Å². The molecule has 0 atom stereocenters. The molecule has 0 aliphatic rings. The third-order valence-electron chi connectivity index (χ3n) is 1.81. The Kier molecular flexibility index (Phi) is 3.86. The Labute approximate surface area is 93.9 Å². The topological polar surface area (TPSA) is 101 Å². The summed E-state index contributed by atoms with van der Waals surface area (Å²) < 4.78 is 25.1. The van der Waals surface area contributed by atoms with E-state index in [2.05, 4.69) is 4.72 Å². The van der Waals surface area contributed by atoms with Crippen molar-refractivity contribution in [2.24, 2.45) is 5.84 Å². The fraction of sp³-hybridized carbons (Fsp3) is 0.222. The van der Waals surface area contributed by atoms with Gasteiger partial charge in [-0.2, -0.15) is 0 Å². The van der Waals surface area contributed by atoms with E-state index >= 15 is 0 Å². The summed E-state index contributed by atoms with van der Waals surface area (Å²) in [5.41, 5.74) is 3.19. The maximum absolute atomic E-state index is 11.4. The molecule has 1 aromatic rings. The molecule has 1 rings (SSSR count).